The maximum Gasteiger partial charge on any atom is 0.248 e. The number of carbonyl (C=O) groups excluding carboxylic acids is 1. The Morgan fingerprint density at radius 1 is 1.29 bits per heavy atom. The Kier molecular flexibility index (Phi) is 7.38. The second-order valence-corrected chi connectivity index (χ2v) is 9.82. The van der Waals surface area contributed by atoms with Crippen molar-refractivity contribution in [2.45, 2.75) is 52.0 Å². The van der Waals surface area contributed by atoms with Gasteiger partial charge in [0.1, 0.15) is 16.3 Å². The second kappa shape index (κ2) is 9.82. The Balaban J connectivity index is 1.56. The normalized spacial score (nSPS) is 16.8. The van der Waals surface area contributed by atoms with Crippen LogP contribution < -0.4 is 10.1 Å². The quantitative estimate of drug-likeness (QED) is 0.665. The van der Waals surface area contributed by atoms with Gasteiger partial charge in [0, 0.05) is 31.1 Å². The maximum absolute atomic E-state index is 13.0. The van der Waals surface area contributed by atoms with E-state index < -0.39 is 10.0 Å². The smallest absolute Gasteiger partial charge is 0.248 e. The number of nitrogens with one attached hydrogen (secondary N) is 1. The van der Waals surface area contributed by atoms with Crippen LogP contribution in [0.5, 0.6) is 5.75 Å². The van der Waals surface area contributed by atoms with Crippen molar-refractivity contribution in [3.05, 3.63) is 41.3 Å². The standard InChI is InChI=1S/C22H31N3O5S/c1-5-29-20-9-7-6-8-19(20)14-23-22(26)15(2)18-10-12-25(13-11-18)31(27,28)21-16(3)24-30-17(21)4/h6-9,15,18H,5,10-14H2,1-4H3,(H,23,26)/t15-/m0/s1. The Morgan fingerprint density at radius 2 is 1.97 bits per heavy atom. The van der Waals surface area contributed by atoms with Crippen LogP contribution in [0.2, 0.25) is 0 Å². The number of carbonyl (C=O) groups is 1. The first-order valence-corrected chi connectivity index (χ1v) is 12.1. The molecule has 170 valence electrons. The zero-order valence-electron chi connectivity index (χ0n) is 18.6. The van der Waals surface area contributed by atoms with Gasteiger partial charge in [-0.15, -0.1) is 0 Å². The summed E-state index contributed by atoms with van der Waals surface area (Å²) in [5.41, 5.74) is 1.31. The minimum Gasteiger partial charge on any atom is -0.494 e. The van der Waals surface area contributed by atoms with Crippen molar-refractivity contribution in [2.24, 2.45) is 11.8 Å². The number of piperidine rings is 1. The second-order valence-electron chi connectivity index (χ2n) is 7.94. The summed E-state index contributed by atoms with van der Waals surface area (Å²) in [6, 6.07) is 7.66. The van der Waals surface area contributed by atoms with Crippen LogP contribution in [-0.4, -0.2) is 43.5 Å². The van der Waals surface area contributed by atoms with E-state index in [1.807, 2.05) is 38.1 Å². The largest absolute Gasteiger partial charge is 0.494 e. The van der Waals surface area contributed by atoms with Crippen LogP contribution in [0.25, 0.3) is 0 Å². The van der Waals surface area contributed by atoms with Crippen molar-refractivity contribution < 1.29 is 22.5 Å². The number of aryl methyl sites for hydroxylation is 2. The predicted octanol–water partition coefficient (Wildman–Crippen LogP) is 3.04. The highest BCUT2D eigenvalue weighted by Crippen LogP contribution is 2.30. The third-order valence-electron chi connectivity index (χ3n) is 5.91. The first-order valence-electron chi connectivity index (χ1n) is 10.7. The summed E-state index contributed by atoms with van der Waals surface area (Å²) in [5.74, 6) is 0.968. The summed E-state index contributed by atoms with van der Waals surface area (Å²) in [6.07, 6.45) is 1.26. The van der Waals surface area contributed by atoms with Gasteiger partial charge in [-0.3, -0.25) is 4.79 Å². The molecule has 1 N–H and O–H groups in total. The van der Waals surface area contributed by atoms with Gasteiger partial charge in [0.15, 0.2) is 5.76 Å². The molecule has 0 unspecified atom stereocenters. The minimum absolute atomic E-state index is 0.0293. The number of rotatable bonds is 8. The molecule has 1 saturated heterocycles. The van der Waals surface area contributed by atoms with Gasteiger partial charge in [-0.25, -0.2) is 8.42 Å². The van der Waals surface area contributed by atoms with Gasteiger partial charge in [0.05, 0.1) is 6.61 Å². The van der Waals surface area contributed by atoms with E-state index in [2.05, 4.69) is 10.5 Å². The van der Waals surface area contributed by atoms with Crippen molar-refractivity contribution >= 4 is 15.9 Å². The third kappa shape index (κ3) is 5.10. The monoisotopic (exact) mass is 449 g/mol. The van der Waals surface area contributed by atoms with Crippen LogP contribution in [0.1, 0.15) is 43.7 Å². The predicted molar refractivity (Wildman–Crippen MR) is 116 cm³/mol. The number of hydrogen-bond donors (Lipinski definition) is 1. The van der Waals surface area contributed by atoms with E-state index in [1.165, 1.54) is 4.31 Å². The first-order chi connectivity index (χ1) is 14.8. The Labute approximate surface area is 184 Å². The van der Waals surface area contributed by atoms with Gasteiger partial charge in [-0.2, -0.15) is 4.31 Å². The van der Waals surface area contributed by atoms with Gasteiger partial charge in [0.25, 0.3) is 0 Å². The molecule has 1 aliphatic rings. The van der Waals surface area contributed by atoms with E-state index in [1.54, 1.807) is 13.8 Å². The number of para-hydroxylation sites is 1. The lowest BCUT2D eigenvalue weighted by molar-refractivity contribution is -0.126. The maximum atomic E-state index is 13.0. The van der Waals surface area contributed by atoms with Crippen molar-refractivity contribution in [2.75, 3.05) is 19.7 Å². The van der Waals surface area contributed by atoms with Gasteiger partial charge < -0.3 is 14.6 Å². The minimum atomic E-state index is -3.64. The molecule has 1 amide bonds. The highest BCUT2D eigenvalue weighted by atomic mass is 32.2. The number of ether oxygens (including phenoxy) is 1. The van der Waals surface area contributed by atoms with E-state index in [-0.39, 0.29) is 22.6 Å². The lowest BCUT2D eigenvalue weighted by Crippen LogP contribution is -2.42. The Hall–Kier alpha value is -2.39. The van der Waals surface area contributed by atoms with Crippen LogP contribution in [0.15, 0.2) is 33.7 Å². The molecule has 0 saturated carbocycles. The molecule has 2 aromatic rings. The third-order valence-corrected chi connectivity index (χ3v) is 8.05. The molecule has 2 heterocycles. The molecule has 3 rings (SSSR count). The highest BCUT2D eigenvalue weighted by molar-refractivity contribution is 7.89. The number of amides is 1. The summed E-state index contributed by atoms with van der Waals surface area (Å²) >= 11 is 0. The summed E-state index contributed by atoms with van der Waals surface area (Å²) in [6.45, 7) is 8.80. The highest BCUT2D eigenvalue weighted by Gasteiger charge is 2.36. The van der Waals surface area contributed by atoms with Crippen LogP contribution in [0.3, 0.4) is 0 Å². The van der Waals surface area contributed by atoms with E-state index in [0.29, 0.717) is 50.5 Å². The van der Waals surface area contributed by atoms with Crippen molar-refractivity contribution in [1.82, 2.24) is 14.8 Å². The SMILES string of the molecule is CCOc1ccccc1CNC(=O)[C@@H](C)C1CCN(S(=O)(=O)c2c(C)noc2C)CC1. The molecule has 1 fully saturated rings. The van der Waals surface area contributed by atoms with Gasteiger partial charge >= 0.3 is 0 Å². The summed E-state index contributed by atoms with van der Waals surface area (Å²) in [4.78, 5) is 12.9. The average molecular weight is 450 g/mol. The topological polar surface area (TPSA) is 102 Å². The van der Waals surface area contributed by atoms with E-state index >= 15 is 0 Å². The molecule has 1 aliphatic heterocycles. The molecule has 0 radical (unpaired) electrons. The van der Waals surface area contributed by atoms with Crippen LogP contribution in [0.4, 0.5) is 0 Å². The van der Waals surface area contributed by atoms with Gasteiger partial charge in [0.2, 0.25) is 15.9 Å². The zero-order valence-corrected chi connectivity index (χ0v) is 19.4. The molecule has 9 heteroatoms. The fourth-order valence-corrected chi connectivity index (χ4v) is 5.85. The number of hydrogen-bond acceptors (Lipinski definition) is 6. The summed E-state index contributed by atoms with van der Waals surface area (Å²) in [5, 5.41) is 6.77. The van der Waals surface area contributed by atoms with Crippen molar-refractivity contribution in [1.29, 1.82) is 0 Å². The molecule has 1 atom stereocenters. The number of benzene rings is 1. The van der Waals surface area contributed by atoms with Gasteiger partial charge in [-0.05, 0) is 45.6 Å². The first kappa shape index (κ1) is 23.3. The molecule has 8 nitrogen and oxygen atoms in total. The molecular weight excluding hydrogens is 418 g/mol. The zero-order chi connectivity index (χ0) is 22.6. The van der Waals surface area contributed by atoms with Crippen LogP contribution >= 0.6 is 0 Å². The number of nitrogens with zero attached hydrogens (tertiary/aromatic N) is 2. The Morgan fingerprint density at radius 3 is 2.58 bits per heavy atom. The molecule has 31 heavy (non-hydrogen) atoms. The number of aromatic nitrogens is 1. The molecular formula is C22H31N3O5S. The van der Waals surface area contributed by atoms with E-state index in [4.69, 9.17) is 9.26 Å². The molecule has 0 aliphatic carbocycles. The summed E-state index contributed by atoms with van der Waals surface area (Å²) < 4.78 is 38.1. The van der Waals surface area contributed by atoms with E-state index in [9.17, 15) is 13.2 Å². The lowest BCUT2D eigenvalue weighted by atomic mass is 9.85. The molecule has 1 aromatic heterocycles. The molecule has 1 aromatic carbocycles. The number of sulfonamides is 1. The summed E-state index contributed by atoms with van der Waals surface area (Å²) in [7, 11) is -3.64. The Bertz CT molecular complexity index is 990. The fraction of sp³-hybridized carbons (Fsp3) is 0.545. The molecule has 0 spiro atoms. The lowest BCUT2D eigenvalue weighted by Gasteiger charge is -2.33. The molecule has 0 bridgehead atoms. The van der Waals surface area contributed by atoms with Crippen molar-refractivity contribution in [3.63, 3.8) is 0 Å². The van der Waals surface area contributed by atoms with Crippen LogP contribution in [-0.2, 0) is 21.4 Å². The van der Waals surface area contributed by atoms with Crippen LogP contribution in [0, 0.1) is 25.7 Å². The average Bonchev–Trinajstić information content (AvgIpc) is 3.11. The fourth-order valence-electron chi connectivity index (χ4n) is 4.09. The van der Waals surface area contributed by atoms with E-state index in [0.717, 1.165) is 11.3 Å². The van der Waals surface area contributed by atoms with Crippen molar-refractivity contribution in [3.8, 4) is 5.75 Å². The van der Waals surface area contributed by atoms with Gasteiger partial charge in [-0.1, -0.05) is 30.3 Å².